The van der Waals surface area contributed by atoms with Crippen molar-refractivity contribution in [3.63, 3.8) is 0 Å². The fraction of sp³-hybridized carbons (Fsp3) is 0.448. The SMILES string of the molecule is CC(C)c1ccc(C(NC(=O)C2CC(F)CN2C(=O)Cc2n[nH]nc2N2CCNCC2)c2ccccc2)cc1F. The Morgan fingerprint density at radius 1 is 1.07 bits per heavy atom. The van der Waals surface area contributed by atoms with Crippen LogP contribution in [0.4, 0.5) is 14.6 Å². The molecule has 2 aliphatic heterocycles. The van der Waals surface area contributed by atoms with Crippen molar-refractivity contribution < 1.29 is 18.4 Å². The number of nitrogens with zero attached hydrogens (tertiary/aromatic N) is 4. The first-order valence-corrected chi connectivity index (χ1v) is 13.7. The Balaban J connectivity index is 1.35. The summed E-state index contributed by atoms with van der Waals surface area (Å²) in [5.74, 6) is -0.623. The van der Waals surface area contributed by atoms with Gasteiger partial charge in [-0.3, -0.25) is 9.59 Å². The second-order valence-corrected chi connectivity index (χ2v) is 10.7. The number of piperazine rings is 1. The highest BCUT2D eigenvalue weighted by Gasteiger charge is 2.41. The van der Waals surface area contributed by atoms with Crippen molar-refractivity contribution in [2.45, 2.75) is 50.9 Å². The van der Waals surface area contributed by atoms with Crippen LogP contribution < -0.4 is 15.5 Å². The third-order valence-corrected chi connectivity index (χ3v) is 7.61. The highest BCUT2D eigenvalue weighted by Crippen LogP contribution is 2.29. The third kappa shape index (κ3) is 5.99. The lowest BCUT2D eigenvalue weighted by Crippen LogP contribution is -2.47. The van der Waals surface area contributed by atoms with E-state index in [1.54, 1.807) is 12.1 Å². The third-order valence-electron chi connectivity index (χ3n) is 7.61. The fourth-order valence-electron chi connectivity index (χ4n) is 5.48. The summed E-state index contributed by atoms with van der Waals surface area (Å²) in [5.41, 5.74) is 2.37. The first kappa shape index (κ1) is 27.7. The Morgan fingerprint density at radius 2 is 1.82 bits per heavy atom. The quantitative estimate of drug-likeness (QED) is 0.398. The number of anilines is 1. The van der Waals surface area contributed by atoms with Gasteiger partial charge in [0.2, 0.25) is 11.8 Å². The second-order valence-electron chi connectivity index (χ2n) is 10.7. The molecule has 2 aliphatic rings. The molecule has 0 bridgehead atoms. The smallest absolute Gasteiger partial charge is 0.243 e. The predicted molar refractivity (Wildman–Crippen MR) is 147 cm³/mol. The maximum absolute atomic E-state index is 14.9. The summed E-state index contributed by atoms with van der Waals surface area (Å²) in [7, 11) is 0. The molecular formula is C29H35F2N7O2. The highest BCUT2D eigenvalue weighted by atomic mass is 19.1. The van der Waals surface area contributed by atoms with E-state index in [0.717, 1.165) is 31.7 Å². The normalized spacial score (nSPS) is 20.1. The number of rotatable bonds is 8. The van der Waals surface area contributed by atoms with Gasteiger partial charge in [-0.2, -0.15) is 10.3 Å². The Morgan fingerprint density at radius 3 is 2.52 bits per heavy atom. The molecule has 3 heterocycles. The molecule has 0 radical (unpaired) electrons. The van der Waals surface area contributed by atoms with Crippen LogP contribution in [0, 0.1) is 5.82 Å². The molecule has 0 saturated carbocycles. The summed E-state index contributed by atoms with van der Waals surface area (Å²) in [5, 5.41) is 17.2. The largest absolute Gasteiger partial charge is 0.351 e. The summed E-state index contributed by atoms with van der Waals surface area (Å²) >= 11 is 0. The molecule has 1 aromatic heterocycles. The maximum Gasteiger partial charge on any atom is 0.243 e. The van der Waals surface area contributed by atoms with Crippen LogP contribution in [0.2, 0.25) is 0 Å². The molecule has 3 aromatic rings. The van der Waals surface area contributed by atoms with Crippen molar-refractivity contribution in [3.8, 4) is 0 Å². The van der Waals surface area contributed by atoms with Crippen molar-refractivity contribution in [2.24, 2.45) is 0 Å². The van der Waals surface area contributed by atoms with Gasteiger partial charge in [0.05, 0.1) is 19.0 Å². The van der Waals surface area contributed by atoms with E-state index < -0.39 is 30.1 Å². The van der Waals surface area contributed by atoms with Gasteiger partial charge in [-0.1, -0.05) is 56.3 Å². The van der Waals surface area contributed by atoms with E-state index in [4.69, 9.17) is 0 Å². The molecule has 9 nitrogen and oxygen atoms in total. The average molecular weight is 552 g/mol. The highest BCUT2D eigenvalue weighted by molar-refractivity contribution is 5.90. The van der Waals surface area contributed by atoms with Gasteiger partial charge in [-0.15, -0.1) is 5.10 Å². The zero-order valence-electron chi connectivity index (χ0n) is 22.7. The Hall–Kier alpha value is -3.86. The molecule has 40 heavy (non-hydrogen) atoms. The molecule has 2 amide bonds. The minimum Gasteiger partial charge on any atom is -0.351 e. The van der Waals surface area contributed by atoms with Crippen LogP contribution >= 0.6 is 0 Å². The molecule has 3 atom stereocenters. The van der Waals surface area contributed by atoms with Crippen LogP contribution in [0.3, 0.4) is 0 Å². The summed E-state index contributed by atoms with van der Waals surface area (Å²) in [6.07, 6.45) is -1.54. The van der Waals surface area contributed by atoms with E-state index in [0.29, 0.717) is 22.6 Å². The number of nitrogens with one attached hydrogen (secondary N) is 3. The van der Waals surface area contributed by atoms with Gasteiger partial charge >= 0.3 is 0 Å². The van der Waals surface area contributed by atoms with Gasteiger partial charge in [-0.25, -0.2) is 8.78 Å². The lowest BCUT2D eigenvalue weighted by atomic mass is 9.94. The van der Waals surface area contributed by atoms with Gasteiger partial charge in [-0.05, 0) is 28.7 Å². The van der Waals surface area contributed by atoms with Crippen molar-refractivity contribution in [3.05, 3.63) is 76.7 Å². The first-order chi connectivity index (χ1) is 19.3. The number of hydrogen-bond donors (Lipinski definition) is 3. The Bertz CT molecular complexity index is 1330. The number of likely N-dealkylation sites (tertiary alicyclic amines) is 1. The van der Waals surface area contributed by atoms with E-state index in [1.165, 1.54) is 11.0 Å². The molecule has 2 fully saturated rings. The molecule has 2 aromatic carbocycles. The summed E-state index contributed by atoms with van der Waals surface area (Å²) in [4.78, 5) is 30.4. The van der Waals surface area contributed by atoms with Crippen molar-refractivity contribution in [1.82, 2.24) is 30.9 Å². The number of amides is 2. The van der Waals surface area contributed by atoms with Crippen LogP contribution in [0.1, 0.15) is 54.6 Å². The van der Waals surface area contributed by atoms with Crippen molar-refractivity contribution >= 4 is 17.6 Å². The van der Waals surface area contributed by atoms with Crippen LogP contribution in [0.5, 0.6) is 0 Å². The molecule has 5 rings (SSSR count). The number of aromatic nitrogens is 3. The van der Waals surface area contributed by atoms with Crippen LogP contribution in [0.25, 0.3) is 0 Å². The maximum atomic E-state index is 14.9. The summed E-state index contributed by atoms with van der Waals surface area (Å²) in [6.45, 7) is 6.71. The molecule has 11 heteroatoms. The van der Waals surface area contributed by atoms with E-state index in [1.807, 2.05) is 49.1 Å². The number of hydrogen-bond acceptors (Lipinski definition) is 6. The lowest BCUT2D eigenvalue weighted by molar-refractivity contribution is -0.138. The topological polar surface area (TPSA) is 106 Å². The van der Waals surface area contributed by atoms with Gasteiger partial charge in [0.15, 0.2) is 5.82 Å². The molecule has 212 valence electrons. The number of H-pyrrole nitrogens is 1. The number of carbonyl (C=O) groups excluding carboxylic acids is 2. The van der Waals surface area contributed by atoms with E-state index >= 15 is 0 Å². The minimum atomic E-state index is -1.33. The monoisotopic (exact) mass is 551 g/mol. The number of benzene rings is 2. The molecule has 2 saturated heterocycles. The van der Waals surface area contributed by atoms with Crippen molar-refractivity contribution in [1.29, 1.82) is 0 Å². The molecule has 3 N–H and O–H groups in total. The van der Waals surface area contributed by atoms with E-state index in [2.05, 4.69) is 26.0 Å². The zero-order chi connectivity index (χ0) is 28.2. The zero-order valence-corrected chi connectivity index (χ0v) is 22.7. The van der Waals surface area contributed by atoms with E-state index in [-0.39, 0.29) is 31.1 Å². The number of halogens is 2. The number of aromatic amines is 1. The molecule has 0 spiro atoms. The standard InChI is InChI=1S/C29H35F2N7O2/c1-18(2)22-9-8-20(14-23(22)31)27(19-6-4-3-5-7-19)33-29(40)25-15-21(30)17-38(25)26(39)16-24-28(35-36-34-24)37-12-10-32-11-13-37/h3-9,14,18,21,25,27,32H,10-13,15-17H2,1-2H3,(H,33,40)(H,34,35,36). The lowest BCUT2D eigenvalue weighted by Gasteiger charge is -2.28. The van der Waals surface area contributed by atoms with Gasteiger partial charge in [0, 0.05) is 32.6 Å². The van der Waals surface area contributed by atoms with E-state index in [9.17, 15) is 18.4 Å². The Kier molecular flexibility index (Phi) is 8.39. The second kappa shape index (κ2) is 12.1. The summed E-state index contributed by atoms with van der Waals surface area (Å²) < 4.78 is 29.6. The summed E-state index contributed by atoms with van der Waals surface area (Å²) in [6, 6.07) is 12.5. The first-order valence-electron chi connectivity index (χ1n) is 13.7. The van der Waals surface area contributed by atoms with Crippen LogP contribution in [-0.4, -0.2) is 77.1 Å². The number of alkyl halides is 1. The van der Waals surface area contributed by atoms with Crippen LogP contribution in [0.15, 0.2) is 48.5 Å². The average Bonchev–Trinajstić information content (AvgIpc) is 3.58. The van der Waals surface area contributed by atoms with Crippen molar-refractivity contribution in [2.75, 3.05) is 37.6 Å². The van der Waals surface area contributed by atoms with Gasteiger partial charge < -0.3 is 20.4 Å². The van der Waals surface area contributed by atoms with Gasteiger partial charge in [0.1, 0.15) is 23.7 Å². The fourth-order valence-corrected chi connectivity index (χ4v) is 5.48. The van der Waals surface area contributed by atoms with Gasteiger partial charge in [0.25, 0.3) is 0 Å². The van der Waals surface area contributed by atoms with Crippen LogP contribution in [-0.2, 0) is 16.0 Å². The molecule has 3 unspecified atom stereocenters. The minimum absolute atomic E-state index is 0.00942. The molecule has 0 aliphatic carbocycles. The predicted octanol–water partition coefficient (Wildman–Crippen LogP) is 2.86. The Labute approximate surface area is 232 Å². The number of carbonyl (C=O) groups is 2. The molecular weight excluding hydrogens is 516 g/mol.